The van der Waals surface area contributed by atoms with Gasteiger partial charge in [0.2, 0.25) is 5.88 Å². The fourth-order valence-electron chi connectivity index (χ4n) is 3.35. The third-order valence-electron chi connectivity index (χ3n) is 4.35. The molecule has 1 aliphatic carbocycles. The molecule has 128 valence electrons. The Labute approximate surface area is 141 Å². The van der Waals surface area contributed by atoms with Gasteiger partial charge in [-0.05, 0) is 38.8 Å². The molecule has 1 saturated carbocycles. The molecule has 24 heavy (non-hydrogen) atoms. The van der Waals surface area contributed by atoms with E-state index in [1.807, 2.05) is 38.1 Å². The Hall–Kier alpha value is -2.30. The van der Waals surface area contributed by atoms with Gasteiger partial charge in [0, 0.05) is 12.0 Å². The zero-order chi connectivity index (χ0) is 17.1. The molecular weight excluding hydrogens is 304 g/mol. The fraction of sp³-hybridized carbons (Fsp3) is 0.474. The Morgan fingerprint density at radius 3 is 2.67 bits per heavy atom. The van der Waals surface area contributed by atoms with Crippen molar-refractivity contribution in [3.8, 4) is 17.3 Å². The molecule has 0 amide bonds. The van der Waals surface area contributed by atoms with E-state index in [-0.39, 0.29) is 23.5 Å². The van der Waals surface area contributed by atoms with Gasteiger partial charge in [-0.1, -0.05) is 25.3 Å². The Morgan fingerprint density at radius 1 is 1.21 bits per heavy atom. The summed E-state index contributed by atoms with van der Waals surface area (Å²) in [5.41, 5.74) is 0.469. The quantitative estimate of drug-likeness (QED) is 0.928. The van der Waals surface area contributed by atoms with Crippen LogP contribution in [0.4, 0.5) is 0 Å². The van der Waals surface area contributed by atoms with Gasteiger partial charge < -0.3 is 9.84 Å². The van der Waals surface area contributed by atoms with Gasteiger partial charge >= 0.3 is 0 Å². The Bertz CT molecular complexity index is 761. The number of aromatic nitrogens is 2. The molecule has 2 aromatic rings. The summed E-state index contributed by atoms with van der Waals surface area (Å²) >= 11 is 0. The van der Waals surface area contributed by atoms with Gasteiger partial charge in [0.15, 0.2) is 0 Å². The van der Waals surface area contributed by atoms with Crippen LogP contribution >= 0.6 is 0 Å². The number of ether oxygens (including phenoxy) is 1. The number of benzene rings is 1. The van der Waals surface area contributed by atoms with Crippen LogP contribution in [-0.4, -0.2) is 20.8 Å². The summed E-state index contributed by atoms with van der Waals surface area (Å²) in [6.45, 7) is 3.93. The zero-order valence-corrected chi connectivity index (χ0v) is 14.2. The molecule has 1 aromatic heterocycles. The average molecular weight is 328 g/mol. The van der Waals surface area contributed by atoms with Crippen LogP contribution in [-0.2, 0) is 0 Å². The lowest BCUT2D eigenvalue weighted by molar-refractivity contribution is 0.242. The van der Waals surface area contributed by atoms with E-state index in [1.165, 1.54) is 12.5 Å². The molecule has 0 atom stereocenters. The molecule has 1 aliphatic rings. The molecule has 0 radical (unpaired) electrons. The van der Waals surface area contributed by atoms with Gasteiger partial charge in [0.25, 0.3) is 5.56 Å². The molecule has 0 saturated heterocycles. The maximum absolute atomic E-state index is 12.6. The Balaban J connectivity index is 2.08. The van der Waals surface area contributed by atoms with Gasteiger partial charge in [-0.15, -0.1) is 0 Å². The summed E-state index contributed by atoms with van der Waals surface area (Å²) in [7, 11) is 0. The first kappa shape index (κ1) is 16.6. The SMILES string of the molecule is CC(C)Oc1cccc(-n2c(C3CCCCC3)nc(O)cc2=O)c1. The zero-order valence-electron chi connectivity index (χ0n) is 14.2. The molecule has 0 aliphatic heterocycles. The lowest BCUT2D eigenvalue weighted by Crippen LogP contribution is -2.25. The van der Waals surface area contributed by atoms with Crippen LogP contribution in [0.15, 0.2) is 35.1 Å². The maximum atomic E-state index is 12.6. The van der Waals surface area contributed by atoms with Gasteiger partial charge in [-0.2, -0.15) is 4.98 Å². The summed E-state index contributed by atoms with van der Waals surface area (Å²) in [5.74, 6) is 1.37. The van der Waals surface area contributed by atoms with E-state index >= 15 is 0 Å². The van der Waals surface area contributed by atoms with Crippen molar-refractivity contribution in [2.24, 2.45) is 0 Å². The largest absolute Gasteiger partial charge is 0.493 e. The second kappa shape index (κ2) is 7.07. The highest BCUT2D eigenvalue weighted by Crippen LogP contribution is 2.33. The van der Waals surface area contributed by atoms with Crippen molar-refractivity contribution in [2.75, 3.05) is 0 Å². The fourth-order valence-corrected chi connectivity index (χ4v) is 3.35. The number of aromatic hydroxyl groups is 1. The molecule has 3 rings (SSSR count). The number of rotatable bonds is 4. The van der Waals surface area contributed by atoms with E-state index in [4.69, 9.17) is 4.74 Å². The van der Waals surface area contributed by atoms with Crippen LogP contribution in [0.2, 0.25) is 0 Å². The smallest absolute Gasteiger partial charge is 0.261 e. The Kier molecular flexibility index (Phi) is 4.88. The molecule has 5 nitrogen and oxygen atoms in total. The van der Waals surface area contributed by atoms with E-state index in [0.29, 0.717) is 5.82 Å². The summed E-state index contributed by atoms with van der Waals surface area (Å²) < 4.78 is 7.35. The maximum Gasteiger partial charge on any atom is 0.261 e. The van der Waals surface area contributed by atoms with E-state index in [9.17, 15) is 9.90 Å². The molecule has 5 heteroatoms. The van der Waals surface area contributed by atoms with E-state index in [0.717, 1.165) is 37.1 Å². The minimum atomic E-state index is -0.259. The highest BCUT2D eigenvalue weighted by atomic mass is 16.5. The standard InChI is InChI=1S/C19H24N2O3/c1-13(2)24-16-10-6-9-15(11-16)21-18(23)12-17(22)20-19(21)14-7-4-3-5-8-14/h6,9-14,22H,3-5,7-8H2,1-2H3. The van der Waals surface area contributed by atoms with E-state index in [2.05, 4.69) is 4.98 Å². The molecule has 1 heterocycles. The van der Waals surface area contributed by atoms with Crippen LogP contribution in [0.1, 0.15) is 57.7 Å². The lowest BCUT2D eigenvalue weighted by atomic mass is 9.88. The average Bonchev–Trinajstić information content (AvgIpc) is 2.54. The molecular formula is C19H24N2O3. The lowest BCUT2D eigenvalue weighted by Gasteiger charge is -2.24. The van der Waals surface area contributed by atoms with Crippen LogP contribution in [0.25, 0.3) is 5.69 Å². The topological polar surface area (TPSA) is 64.3 Å². The summed E-state index contributed by atoms with van der Waals surface area (Å²) in [5, 5.41) is 9.82. The first-order valence-corrected chi connectivity index (χ1v) is 8.64. The molecule has 1 fully saturated rings. The van der Waals surface area contributed by atoms with Crippen molar-refractivity contribution in [1.82, 2.24) is 9.55 Å². The van der Waals surface area contributed by atoms with Gasteiger partial charge in [-0.25, -0.2) is 0 Å². The predicted molar refractivity (Wildman–Crippen MR) is 93.1 cm³/mol. The molecule has 0 unspecified atom stereocenters. The number of hydrogen-bond donors (Lipinski definition) is 1. The molecule has 0 bridgehead atoms. The highest BCUT2D eigenvalue weighted by molar-refractivity contribution is 5.41. The van der Waals surface area contributed by atoms with Crippen LogP contribution < -0.4 is 10.3 Å². The van der Waals surface area contributed by atoms with Gasteiger partial charge in [0.05, 0.1) is 17.9 Å². The number of nitrogens with zero attached hydrogens (tertiary/aromatic N) is 2. The minimum absolute atomic E-state index is 0.0627. The van der Waals surface area contributed by atoms with Crippen LogP contribution in [0.3, 0.4) is 0 Å². The van der Waals surface area contributed by atoms with Crippen molar-refractivity contribution >= 4 is 0 Å². The normalized spacial score (nSPS) is 15.6. The van der Waals surface area contributed by atoms with Crippen molar-refractivity contribution in [3.05, 3.63) is 46.5 Å². The first-order chi connectivity index (χ1) is 11.5. The predicted octanol–water partition coefficient (Wildman–Crippen LogP) is 3.77. The summed E-state index contributed by atoms with van der Waals surface area (Å²) in [4.78, 5) is 16.9. The van der Waals surface area contributed by atoms with Crippen molar-refractivity contribution in [3.63, 3.8) is 0 Å². The van der Waals surface area contributed by atoms with Crippen molar-refractivity contribution in [2.45, 2.75) is 58.0 Å². The molecule has 1 aromatic carbocycles. The summed E-state index contributed by atoms with van der Waals surface area (Å²) in [6, 6.07) is 8.65. The third-order valence-corrected chi connectivity index (χ3v) is 4.35. The monoisotopic (exact) mass is 328 g/mol. The highest BCUT2D eigenvalue weighted by Gasteiger charge is 2.22. The Morgan fingerprint density at radius 2 is 1.96 bits per heavy atom. The summed E-state index contributed by atoms with van der Waals surface area (Å²) in [6.07, 6.45) is 5.54. The second-order valence-electron chi connectivity index (χ2n) is 6.65. The van der Waals surface area contributed by atoms with E-state index in [1.54, 1.807) is 4.57 Å². The van der Waals surface area contributed by atoms with Crippen LogP contribution in [0, 0.1) is 0 Å². The first-order valence-electron chi connectivity index (χ1n) is 8.64. The molecule has 1 N–H and O–H groups in total. The number of hydrogen-bond acceptors (Lipinski definition) is 4. The third kappa shape index (κ3) is 3.61. The molecule has 0 spiro atoms. The second-order valence-corrected chi connectivity index (χ2v) is 6.65. The van der Waals surface area contributed by atoms with Gasteiger partial charge in [-0.3, -0.25) is 9.36 Å². The van der Waals surface area contributed by atoms with Crippen molar-refractivity contribution < 1.29 is 9.84 Å². The van der Waals surface area contributed by atoms with Crippen molar-refractivity contribution in [1.29, 1.82) is 0 Å². The van der Waals surface area contributed by atoms with Crippen LogP contribution in [0.5, 0.6) is 11.6 Å². The van der Waals surface area contributed by atoms with E-state index < -0.39 is 0 Å². The van der Waals surface area contributed by atoms with Gasteiger partial charge in [0.1, 0.15) is 11.6 Å². The minimum Gasteiger partial charge on any atom is -0.493 e.